The van der Waals surface area contributed by atoms with E-state index in [1.807, 2.05) is 10.8 Å². The van der Waals surface area contributed by atoms with Gasteiger partial charge in [-0.1, -0.05) is 23.5 Å². The van der Waals surface area contributed by atoms with Crippen LogP contribution in [0.5, 0.6) is 0 Å². The van der Waals surface area contributed by atoms with E-state index in [1.165, 1.54) is 29.8 Å². The Bertz CT molecular complexity index is 448. The number of hydrogen-bond acceptors (Lipinski definition) is 5. The molecule has 16 heavy (non-hydrogen) atoms. The second-order valence-corrected chi connectivity index (χ2v) is 5.10. The first kappa shape index (κ1) is 11.3. The molecule has 3 nitrogen and oxygen atoms in total. The van der Waals surface area contributed by atoms with E-state index in [0.717, 1.165) is 4.24 Å². The summed E-state index contributed by atoms with van der Waals surface area (Å²) in [5.41, 5.74) is 0.233. The molecule has 0 aliphatic carbocycles. The van der Waals surface area contributed by atoms with Crippen LogP contribution in [0.15, 0.2) is 43.4 Å². The summed E-state index contributed by atoms with van der Waals surface area (Å²) in [5, 5.41) is 3.70. The van der Waals surface area contributed by atoms with E-state index in [2.05, 4.69) is 0 Å². The molecule has 0 amide bonds. The number of furan rings is 1. The summed E-state index contributed by atoms with van der Waals surface area (Å²) in [4.78, 5) is 22.7. The van der Waals surface area contributed by atoms with Crippen LogP contribution in [0.3, 0.4) is 0 Å². The Morgan fingerprint density at radius 2 is 2.12 bits per heavy atom. The number of allylic oxidation sites excluding steroid dienone is 1. The average molecular weight is 252 g/mol. The molecule has 0 radical (unpaired) electrons. The highest BCUT2D eigenvalue weighted by atomic mass is 32.2. The molecule has 5 heteroatoms. The van der Waals surface area contributed by atoms with Crippen molar-refractivity contribution in [2.24, 2.45) is 0 Å². The van der Waals surface area contributed by atoms with E-state index >= 15 is 0 Å². The predicted molar refractivity (Wildman–Crippen MR) is 64.8 cm³/mol. The first-order valence-electron chi connectivity index (χ1n) is 4.54. The van der Waals surface area contributed by atoms with Crippen molar-refractivity contribution in [1.29, 1.82) is 0 Å². The molecule has 1 aromatic rings. The van der Waals surface area contributed by atoms with Crippen LogP contribution in [-0.4, -0.2) is 12.1 Å². The molecule has 0 saturated carbocycles. The van der Waals surface area contributed by atoms with Crippen molar-refractivity contribution in [2.75, 3.05) is 0 Å². The molecule has 0 bridgehead atoms. The van der Waals surface area contributed by atoms with E-state index in [9.17, 15) is 9.59 Å². The standard InChI is InChI=1S/C11H8O3S2/c12-7-9(11-15-4-5-16-11)10(13)6-8-2-1-3-14-8/h1-5,7H,6H2. The highest BCUT2D eigenvalue weighted by Crippen LogP contribution is 2.39. The summed E-state index contributed by atoms with van der Waals surface area (Å²) in [5.74, 6) is 0.370. The molecule has 0 aromatic carbocycles. The average Bonchev–Trinajstić information content (AvgIpc) is 2.91. The highest BCUT2D eigenvalue weighted by molar-refractivity contribution is 8.27. The van der Waals surface area contributed by atoms with Crippen molar-refractivity contribution in [2.45, 2.75) is 6.42 Å². The third-order valence-electron chi connectivity index (χ3n) is 1.96. The number of Topliss-reactive ketones (excluding diaryl/α,β-unsaturated/α-hetero) is 1. The summed E-state index contributed by atoms with van der Waals surface area (Å²) in [6, 6.07) is 3.44. The van der Waals surface area contributed by atoms with Crippen molar-refractivity contribution < 1.29 is 14.0 Å². The minimum absolute atomic E-state index is 0.131. The molecule has 0 N–H and O–H groups in total. The van der Waals surface area contributed by atoms with E-state index in [0.29, 0.717) is 12.0 Å². The van der Waals surface area contributed by atoms with Crippen molar-refractivity contribution in [3.05, 3.63) is 44.8 Å². The minimum Gasteiger partial charge on any atom is -0.469 e. The molecule has 0 saturated heterocycles. The van der Waals surface area contributed by atoms with Gasteiger partial charge < -0.3 is 4.42 Å². The zero-order valence-corrected chi connectivity index (χ0v) is 9.85. The largest absolute Gasteiger partial charge is 0.469 e. The van der Waals surface area contributed by atoms with Gasteiger partial charge in [0.25, 0.3) is 0 Å². The lowest BCUT2D eigenvalue weighted by Gasteiger charge is -2.01. The zero-order chi connectivity index (χ0) is 11.4. The maximum Gasteiger partial charge on any atom is 0.175 e. The molecule has 0 spiro atoms. The summed E-state index contributed by atoms with van der Waals surface area (Å²) in [6.07, 6.45) is 2.26. The molecule has 82 valence electrons. The van der Waals surface area contributed by atoms with Gasteiger partial charge in [0, 0.05) is 0 Å². The molecule has 2 rings (SSSR count). The van der Waals surface area contributed by atoms with Gasteiger partial charge in [0.15, 0.2) is 12.1 Å². The van der Waals surface area contributed by atoms with Crippen molar-refractivity contribution >= 4 is 35.6 Å². The number of ketones is 1. The molecule has 2 heterocycles. The molecule has 1 aromatic heterocycles. The van der Waals surface area contributed by atoms with Crippen LogP contribution >= 0.6 is 23.5 Å². The molecular weight excluding hydrogens is 244 g/mol. The fourth-order valence-electron chi connectivity index (χ4n) is 1.23. The van der Waals surface area contributed by atoms with Gasteiger partial charge in [-0.25, -0.2) is 0 Å². The van der Waals surface area contributed by atoms with Gasteiger partial charge in [-0.15, -0.1) is 0 Å². The Balaban J connectivity index is 2.13. The molecule has 0 unspecified atom stereocenters. The Hall–Kier alpha value is -1.20. The topological polar surface area (TPSA) is 47.3 Å². The van der Waals surface area contributed by atoms with E-state index < -0.39 is 0 Å². The smallest absolute Gasteiger partial charge is 0.175 e. The van der Waals surface area contributed by atoms with Gasteiger partial charge in [0.05, 0.1) is 22.5 Å². The lowest BCUT2D eigenvalue weighted by Crippen LogP contribution is -2.08. The Morgan fingerprint density at radius 1 is 1.38 bits per heavy atom. The predicted octanol–water partition coefficient (Wildman–Crippen LogP) is 2.75. The van der Waals surface area contributed by atoms with Crippen LogP contribution in [0.25, 0.3) is 0 Å². The van der Waals surface area contributed by atoms with Crippen molar-refractivity contribution in [3.63, 3.8) is 0 Å². The van der Waals surface area contributed by atoms with Gasteiger partial charge in [0.1, 0.15) is 5.76 Å². The lowest BCUT2D eigenvalue weighted by molar-refractivity contribution is -0.117. The van der Waals surface area contributed by atoms with Gasteiger partial charge in [-0.05, 0) is 22.9 Å². The van der Waals surface area contributed by atoms with Crippen LogP contribution in [0.4, 0.5) is 0 Å². The van der Waals surface area contributed by atoms with Gasteiger partial charge in [0.2, 0.25) is 0 Å². The number of rotatable bonds is 4. The number of aldehydes is 1. The third-order valence-corrected chi connectivity index (χ3v) is 4.12. The summed E-state index contributed by atoms with van der Waals surface area (Å²) < 4.78 is 5.82. The monoisotopic (exact) mass is 252 g/mol. The Labute approximate surface area is 101 Å². The van der Waals surface area contributed by atoms with Gasteiger partial charge >= 0.3 is 0 Å². The maximum absolute atomic E-state index is 11.8. The van der Waals surface area contributed by atoms with Crippen LogP contribution in [-0.2, 0) is 16.0 Å². The normalized spacial score (nSPS) is 14.1. The fourth-order valence-corrected chi connectivity index (χ4v) is 3.05. The van der Waals surface area contributed by atoms with Crippen LogP contribution in [0.1, 0.15) is 5.76 Å². The molecule has 1 aliphatic heterocycles. The zero-order valence-electron chi connectivity index (χ0n) is 8.21. The summed E-state index contributed by atoms with van der Waals surface area (Å²) >= 11 is 2.79. The lowest BCUT2D eigenvalue weighted by atomic mass is 10.1. The van der Waals surface area contributed by atoms with E-state index in [4.69, 9.17) is 4.42 Å². The maximum atomic E-state index is 11.8. The molecule has 1 aliphatic rings. The number of carbonyl (C=O) groups excluding carboxylic acids is 2. The first-order chi connectivity index (χ1) is 7.81. The second-order valence-electron chi connectivity index (χ2n) is 3.01. The minimum atomic E-state index is -0.205. The summed E-state index contributed by atoms with van der Waals surface area (Å²) in [6.45, 7) is 0. The Morgan fingerprint density at radius 3 is 2.69 bits per heavy atom. The highest BCUT2D eigenvalue weighted by Gasteiger charge is 2.18. The molecule has 0 atom stereocenters. The van der Waals surface area contributed by atoms with Gasteiger partial charge in [-0.2, -0.15) is 0 Å². The van der Waals surface area contributed by atoms with Crippen molar-refractivity contribution in [1.82, 2.24) is 0 Å². The Kier molecular flexibility index (Phi) is 3.69. The quantitative estimate of drug-likeness (QED) is 0.357. The first-order valence-corrected chi connectivity index (χ1v) is 6.30. The number of thioether (sulfide) groups is 2. The van der Waals surface area contributed by atoms with E-state index in [1.54, 1.807) is 12.1 Å². The third kappa shape index (κ3) is 2.48. The second kappa shape index (κ2) is 5.23. The summed E-state index contributed by atoms with van der Waals surface area (Å²) in [7, 11) is 0. The van der Waals surface area contributed by atoms with Crippen molar-refractivity contribution in [3.8, 4) is 0 Å². The van der Waals surface area contributed by atoms with Crippen LogP contribution < -0.4 is 0 Å². The van der Waals surface area contributed by atoms with Crippen LogP contribution in [0.2, 0.25) is 0 Å². The fraction of sp³-hybridized carbons (Fsp3) is 0.0909. The number of carbonyl (C=O) groups is 2. The van der Waals surface area contributed by atoms with E-state index in [-0.39, 0.29) is 17.8 Å². The SMILES string of the molecule is O=CC(C(=O)Cc1ccco1)=C1SC=CS1. The molecule has 0 fully saturated rings. The van der Waals surface area contributed by atoms with Crippen LogP contribution in [0, 0.1) is 0 Å². The number of hydrogen-bond donors (Lipinski definition) is 0. The van der Waals surface area contributed by atoms with Gasteiger partial charge in [-0.3, -0.25) is 9.59 Å². The molecular formula is C11H8O3S2.